The van der Waals surface area contributed by atoms with E-state index in [0.29, 0.717) is 28.7 Å². The fraction of sp³-hybridized carbons (Fsp3) is 0.217. The minimum Gasteiger partial charge on any atom is -0.317 e. The molecule has 1 saturated carbocycles. The topological polar surface area (TPSA) is 78.9 Å². The van der Waals surface area contributed by atoms with E-state index < -0.39 is 11.2 Å². The van der Waals surface area contributed by atoms with Crippen LogP contribution in [0.5, 0.6) is 0 Å². The monoisotopic (exact) mass is 434 g/mol. The van der Waals surface area contributed by atoms with E-state index in [2.05, 4.69) is 4.98 Å². The van der Waals surface area contributed by atoms with Gasteiger partial charge in [-0.15, -0.1) is 0 Å². The standard InChI is InChI=1S/C23H19ClN4O3/c24-18-9-5-4-8-17(18)19(29)13-26-14-25-21-20(26)22(30)27(12-15-10-11-15)23(31)28(21)16-6-2-1-3-7-16/h1-9,14-15H,10-13H2. The molecule has 0 amide bonds. The maximum absolute atomic E-state index is 13.3. The maximum atomic E-state index is 13.3. The number of halogens is 1. The molecule has 0 unspecified atom stereocenters. The van der Waals surface area contributed by atoms with Crippen LogP contribution in [-0.2, 0) is 13.1 Å². The number of ketones is 1. The predicted octanol–water partition coefficient (Wildman–Crippen LogP) is 3.30. The van der Waals surface area contributed by atoms with E-state index >= 15 is 0 Å². The molecule has 1 aliphatic rings. The zero-order valence-electron chi connectivity index (χ0n) is 16.6. The van der Waals surface area contributed by atoms with E-state index in [1.54, 1.807) is 36.4 Å². The summed E-state index contributed by atoms with van der Waals surface area (Å²) in [6, 6.07) is 15.9. The highest BCUT2D eigenvalue weighted by molar-refractivity contribution is 6.33. The van der Waals surface area contributed by atoms with Gasteiger partial charge in [-0.25, -0.2) is 14.3 Å². The number of Topliss-reactive ketones (excluding diaryl/α,β-unsaturated/α-hetero) is 1. The Labute approximate surface area is 182 Å². The van der Waals surface area contributed by atoms with Crippen LogP contribution < -0.4 is 11.2 Å². The van der Waals surface area contributed by atoms with Crippen molar-refractivity contribution in [1.82, 2.24) is 18.7 Å². The molecule has 2 aromatic heterocycles. The summed E-state index contributed by atoms with van der Waals surface area (Å²) in [6.07, 6.45) is 3.43. The molecule has 0 saturated heterocycles. The van der Waals surface area contributed by atoms with Crippen LogP contribution in [0.25, 0.3) is 16.9 Å². The van der Waals surface area contributed by atoms with E-state index in [0.717, 1.165) is 12.8 Å². The van der Waals surface area contributed by atoms with Crippen molar-refractivity contribution in [3.05, 3.63) is 92.3 Å². The predicted molar refractivity (Wildman–Crippen MR) is 118 cm³/mol. The average molecular weight is 435 g/mol. The quantitative estimate of drug-likeness (QED) is 0.436. The third-order valence-corrected chi connectivity index (χ3v) is 5.87. The molecule has 1 fully saturated rings. The molecule has 0 atom stereocenters. The van der Waals surface area contributed by atoms with Crippen LogP contribution in [0.15, 0.2) is 70.5 Å². The van der Waals surface area contributed by atoms with Gasteiger partial charge in [0.1, 0.15) is 0 Å². The molecular formula is C23H19ClN4O3. The highest BCUT2D eigenvalue weighted by Crippen LogP contribution is 2.30. The lowest BCUT2D eigenvalue weighted by Crippen LogP contribution is -2.40. The summed E-state index contributed by atoms with van der Waals surface area (Å²) in [7, 11) is 0. The van der Waals surface area contributed by atoms with Crippen LogP contribution in [0.3, 0.4) is 0 Å². The van der Waals surface area contributed by atoms with Crippen LogP contribution in [0.1, 0.15) is 23.2 Å². The first-order chi connectivity index (χ1) is 15.0. The lowest BCUT2D eigenvalue weighted by Gasteiger charge is -2.12. The first kappa shape index (κ1) is 19.5. The molecule has 0 bridgehead atoms. The maximum Gasteiger partial charge on any atom is 0.337 e. The number of rotatable bonds is 6. The second-order valence-electron chi connectivity index (χ2n) is 7.76. The summed E-state index contributed by atoms with van der Waals surface area (Å²) in [5.74, 6) is 0.0868. The number of nitrogens with zero attached hydrogens (tertiary/aromatic N) is 4. The van der Waals surface area contributed by atoms with Gasteiger partial charge in [-0.2, -0.15) is 0 Å². The molecule has 0 radical (unpaired) electrons. The molecule has 31 heavy (non-hydrogen) atoms. The highest BCUT2D eigenvalue weighted by Gasteiger charge is 2.26. The summed E-state index contributed by atoms with van der Waals surface area (Å²) in [5.41, 5.74) is 0.608. The number of para-hydroxylation sites is 1. The van der Waals surface area contributed by atoms with Gasteiger partial charge in [0, 0.05) is 12.1 Å². The SMILES string of the molecule is O=C(Cn1cnc2c1c(=O)n(CC1CC1)c(=O)n2-c1ccccc1)c1ccccc1Cl. The second kappa shape index (κ2) is 7.67. The Hall–Kier alpha value is -3.45. The molecule has 2 aromatic carbocycles. The molecule has 8 heteroatoms. The molecule has 5 rings (SSSR count). The van der Waals surface area contributed by atoms with Crippen molar-refractivity contribution in [3.63, 3.8) is 0 Å². The van der Waals surface area contributed by atoms with Crippen molar-refractivity contribution in [1.29, 1.82) is 0 Å². The van der Waals surface area contributed by atoms with Crippen LogP contribution in [-0.4, -0.2) is 24.5 Å². The van der Waals surface area contributed by atoms with Crippen molar-refractivity contribution in [3.8, 4) is 5.69 Å². The summed E-state index contributed by atoms with van der Waals surface area (Å²) >= 11 is 6.17. The first-order valence-electron chi connectivity index (χ1n) is 10.1. The van der Waals surface area contributed by atoms with Crippen molar-refractivity contribution >= 4 is 28.5 Å². The summed E-state index contributed by atoms with van der Waals surface area (Å²) in [5, 5.41) is 0.351. The van der Waals surface area contributed by atoms with Gasteiger partial charge in [-0.05, 0) is 43.0 Å². The second-order valence-corrected chi connectivity index (χ2v) is 8.17. The zero-order chi connectivity index (χ0) is 21.5. The van der Waals surface area contributed by atoms with Gasteiger partial charge >= 0.3 is 5.69 Å². The van der Waals surface area contributed by atoms with Gasteiger partial charge in [0.05, 0.1) is 23.6 Å². The third-order valence-electron chi connectivity index (χ3n) is 5.54. The molecular weight excluding hydrogens is 416 g/mol. The first-order valence-corrected chi connectivity index (χ1v) is 10.5. The molecule has 0 spiro atoms. The third kappa shape index (κ3) is 3.51. The summed E-state index contributed by atoms with van der Waals surface area (Å²) < 4.78 is 4.21. The number of imidazole rings is 1. The van der Waals surface area contributed by atoms with Gasteiger partial charge in [0.15, 0.2) is 16.9 Å². The van der Waals surface area contributed by atoms with Crippen LogP contribution >= 0.6 is 11.6 Å². The Kier molecular flexibility index (Phi) is 4.82. The smallest absolute Gasteiger partial charge is 0.317 e. The number of hydrogen-bond acceptors (Lipinski definition) is 4. The lowest BCUT2D eigenvalue weighted by molar-refractivity contribution is 0.0973. The number of fused-ring (bicyclic) bond motifs is 1. The molecule has 0 N–H and O–H groups in total. The fourth-order valence-electron chi connectivity index (χ4n) is 3.76. The van der Waals surface area contributed by atoms with Gasteiger partial charge in [0.25, 0.3) is 5.56 Å². The number of benzene rings is 2. The molecule has 1 aliphatic carbocycles. The summed E-state index contributed by atoms with van der Waals surface area (Å²) in [6.45, 7) is 0.260. The highest BCUT2D eigenvalue weighted by atomic mass is 35.5. The zero-order valence-corrected chi connectivity index (χ0v) is 17.3. The minimum absolute atomic E-state index is 0.105. The number of carbonyl (C=O) groups excluding carboxylic acids is 1. The molecule has 4 aromatic rings. The van der Waals surface area contributed by atoms with Crippen LogP contribution in [0.4, 0.5) is 0 Å². The van der Waals surface area contributed by atoms with E-state index in [1.165, 1.54) is 20.0 Å². The Morgan fingerprint density at radius 3 is 2.45 bits per heavy atom. The minimum atomic E-state index is -0.427. The van der Waals surface area contributed by atoms with E-state index in [-0.39, 0.29) is 23.5 Å². The van der Waals surface area contributed by atoms with E-state index in [4.69, 9.17) is 11.6 Å². The lowest BCUT2D eigenvalue weighted by atomic mass is 10.1. The molecule has 7 nitrogen and oxygen atoms in total. The van der Waals surface area contributed by atoms with Gasteiger partial charge in [0.2, 0.25) is 0 Å². The number of aromatic nitrogens is 4. The van der Waals surface area contributed by atoms with Crippen LogP contribution in [0, 0.1) is 5.92 Å². The average Bonchev–Trinajstić information content (AvgIpc) is 3.51. The Balaban J connectivity index is 1.69. The van der Waals surface area contributed by atoms with E-state index in [1.807, 2.05) is 18.2 Å². The van der Waals surface area contributed by atoms with Gasteiger partial charge in [-0.3, -0.25) is 14.2 Å². The molecule has 0 aliphatic heterocycles. The van der Waals surface area contributed by atoms with Crippen molar-refractivity contribution in [2.24, 2.45) is 5.92 Å². The molecule has 2 heterocycles. The Bertz CT molecular complexity index is 1410. The Morgan fingerprint density at radius 2 is 1.74 bits per heavy atom. The largest absolute Gasteiger partial charge is 0.337 e. The van der Waals surface area contributed by atoms with E-state index in [9.17, 15) is 14.4 Å². The Morgan fingerprint density at radius 1 is 1.03 bits per heavy atom. The summed E-state index contributed by atoms with van der Waals surface area (Å²) in [4.78, 5) is 43.8. The normalized spacial score (nSPS) is 13.6. The number of carbonyl (C=O) groups is 1. The van der Waals surface area contributed by atoms with Crippen LogP contribution in [0.2, 0.25) is 5.02 Å². The van der Waals surface area contributed by atoms with Gasteiger partial charge < -0.3 is 4.57 Å². The van der Waals surface area contributed by atoms with Crippen molar-refractivity contribution < 1.29 is 4.79 Å². The van der Waals surface area contributed by atoms with Crippen molar-refractivity contribution in [2.75, 3.05) is 0 Å². The molecule has 156 valence electrons. The number of hydrogen-bond donors (Lipinski definition) is 0. The van der Waals surface area contributed by atoms with Crippen molar-refractivity contribution in [2.45, 2.75) is 25.9 Å². The van der Waals surface area contributed by atoms with Gasteiger partial charge in [-0.1, -0.05) is 41.9 Å². The fourth-order valence-corrected chi connectivity index (χ4v) is 4.00.